The first-order valence-electron chi connectivity index (χ1n) is 7.02. The Hall–Kier alpha value is -0.990. The van der Waals surface area contributed by atoms with Gasteiger partial charge in [0, 0.05) is 19.6 Å². The molecule has 102 valence electrons. The predicted molar refractivity (Wildman–Crippen MR) is 86.3 cm³/mol. The summed E-state index contributed by atoms with van der Waals surface area (Å²) in [4.78, 5) is 3.73. The van der Waals surface area contributed by atoms with E-state index in [9.17, 15) is 0 Å². The van der Waals surface area contributed by atoms with E-state index in [0.717, 1.165) is 26.1 Å². The van der Waals surface area contributed by atoms with Gasteiger partial charge in [-0.2, -0.15) is 0 Å². The van der Waals surface area contributed by atoms with Crippen molar-refractivity contribution < 1.29 is 0 Å². The number of thioether (sulfide) groups is 1. The summed E-state index contributed by atoms with van der Waals surface area (Å²) in [5.74, 6) is 0. The van der Waals surface area contributed by atoms with E-state index in [0.29, 0.717) is 0 Å². The molecule has 1 heterocycles. The van der Waals surface area contributed by atoms with Crippen molar-refractivity contribution in [3.63, 3.8) is 0 Å². The Morgan fingerprint density at radius 3 is 3.05 bits per heavy atom. The van der Waals surface area contributed by atoms with Crippen LogP contribution in [0.15, 0.2) is 41.2 Å². The zero-order chi connectivity index (χ0) is 13.7. The molecule has 1 aromatic carbocycles. The van der Waals surface area contributed by atoms with Gasteiger partial charge >= 0.3 is 0 Å². The van der Waals surface area contributed by atoms with Gasteiger partial charge in [0.15, 0.2) is 0 Å². The lowest BCUT2D eigenvalue weighted by atomic mass is 9.93. The predicted octanol–water partition coefficient (Wildman–Crippen LogP) is 4.39. The smallest absolute Gasteiger partial charge is 0.0294 e. The first kappa shape index (κ1) is 14.4. The molecule has 0 aliphatic carbocycles. The van der Waals surface area contributed by atoms with E-state index in [2.05, 4.69) is 48.1 Å². The Morgan fingerprint density at radius 2 is 2.32 bits per heavy atom. The van der Waals surface area contributed by atoms with Crippen molar-refractivity contribution in [2.45, 2.75) is 33.2 Å². The third-order valence-electron chi connectivity index (χ3n) is 3.59. The van der Waals surface area contributed by atoms with Gasteiger partial charge in [-0.25, -0.2) is 0 Å². The maximum Gasteiger partial charge on any atom is 0.0294 e. The number of rotatable bonds is 5. The molecule has 0 fully saturated rings. The van der Waals surface area contributed by atoms with Crippen LogP contribution in [0, 0.1) is 0 Å². The van der Waals surface area contributed by atoms with E-state index in [-0.39, 0.29) is 0 Å². The number of allylic oxidation sites excluding steroid dienone is 1. The Morgan fingerprint density at radius 1 is 1.47 bits per heavy atom. The molecule has 0 bridgehead atoms. The molecule has 19 heavy (non-hydrogen) atoms. The molecular weight excluding hydrogens is 250 g/mol. The fourth-order valence-corrected chi connectivity index (χ4v) is 3.25. The van der Waals surface area contributed by atoms with Crippen LogP contribution in [0.5, 0.6) is 0 Å². The lowest BCUT2D eigenvalue weighted by Crippen LogP contribution is -2.32. The quantitative estimate of drug-likeness (QED) is 0.783. The van der Waals surface area contributed by atoms with Crippen LogP contribution in [0.2, 0.25) is 0 Å². The summed E-state index contributed by atoms with van der Waals surface area (Å²) in [7, 11) is 0. The van der Waals surface area contributed by atoms with Gasteiger partial charge in [0.2, 0.25) is 0 Å². The molecule has 2 rings (SSSR count). The van der Waals surface area contributed by atoms with Crippen molar-refractivity contribution in [2.24, 2.45) is 0 Å². The number of nitrogens with zero attached hydrogens (tertiary/aromatic N) is 1. The van der Waals surface area contributed by atoms with E-state index < -0.39 is 0 Å². The summed E-state index contributed by atoms with van der Waals surface area (Å²) in [6.07, 6.45) is 4.39. The number of aryl methyl sites for hydroxylation is 1. The van der Waals surface area contributed by atoms with Crippen LogP contribution < -0.4 is 0 Å². The standard InChI is InChI=1S/C17H23NS/c1-4-11-19-14(3)12-18-10-9-17-15(5-2)7-6-8-16(17)13-18/h4,6-8,11H,3,5,9-10,12-13H2,1-2H3/b11-4-. The molecular formula is C17H23NS. The molecule has 2 heteroatoms. The van der Waals surface area contributed by atoms with Crippen molar-refractivity contribution >= 4 is 11.8 Å². The molecule has 0 saturated carbocycles. The van der Waals surface area contributed by atoms with E-state index in [1.807, 2.05) is 6.92 Å². The first-order valence-corrected chi connectivity index (χ1v) is 7.90. The summed E-state index contributed by atoms with van der Waals surface area (Å²) in [5, 5.41) is 2.11. The molecule has 1 aliphatic rings. The second-order valence-electron chi connectivity index (χ2n) is 4.99. The molecule has 1 aromatic rings. The zero-order valence-corrected chi connectivity index (χ0v) is 12.8. The van der Waals surface area contributed by atoms with Gasteiger partial charge in [-0.1, -0.05) is 37.8 Å². The fourth-order valence-electron chi connectivity index (χ4n) is 2.66. The van der Waals surface area contributed by atoms with Gasteiger partial charge in [0.1, 0.15) is 0 Å². The van der Waals surface area contributed by atoms with E-state index in [4.69, 9.17) is 0 Å². The lowest BCUT2D eigenvalue weighted by molar-refractivity contribution is 0.280. The Labute approximate surface area is 121 Å². The second-order valence-corrected chi connectivity index (χ2v) is 6.08. The van der Waals surface area contributed by atoms with Crippen LogP contribution in [0.1, 0.15) is 30.5 Å². The minimum absolute atomic E-state index is 0.991. The molecule has 0 spiro atoms. The van der Waals surface area contributed by atoms with Crippen LogP contribution in [0.4, 0.5) is 0 Å². The topological polar surface area (TPSA) is 3.24 Å². The van der Waals surface area contributed by atoms with Crippen molar-refractivity contribution in [2.75, 3.05) is 13.1 Å². The van der Waals surface area contributed by atoms with Gasteiger partial charge in [-0.05, 0) is 46.8 Å². The number of fused-ring (bicyclic) bond motifs is 1. The average Bonchev–Trinajstić information content (AvgIpc) is 2.44. The van der Waals surface area contributed by atoms with Crippen molar-refractivity contribution in [3.8, 4) is 0 Å². The third kappa shape index (κ3) is 3.74. The molecule has 0 aromatic heterocycles. The van der Waals surface area contributed by atoms with Gasteiger partial charge in [0.05, 0.1) is 0 Å². The summed E-state index contributed by atoms with van der Waals surface area (Å²) < 4.78 is 0. The van der Waals surface area contributed by atoms with Crippen LogP contribution in [0.3, 0.4) is 0 Å². The van der Waals surface area contributed by atoms with E-state index in [1.54, 1.807) is 17.3 Å². The van der Waals surface area contributed by atoms with E-state index in [1.165, 1.54) is 22.5 Å². The highest BCUT2D eigenvalue weighted by molar-refractivity contribution is 8.05. The van der Waals surface area contributed by atoms with Gasteiger partial charge in [0.25, 0.3) is 0 Å². The molecule has 1 nitrogen and oxygen atoms in total. The second kappa shape index (κ2) is 6.97. The third-order valence-corrected chi connectivity index (χ3v) is 4.46. The minimum Gasteiger partial charge on any atom is -0.294 e. The molecule has 0 N–H and O–H groups in total. The number of hydrogen-bond donors (Lipinski definition) is 0. The SMILES string of the molecule is C=C(CN1CCc2c(CC)cccc2C1)S/C=C\C. The Bertz CT molecular complexity index is 476. The molecule has 0 amide bonds. The summed E-state index contributed by atoms with van der Waals surface area (Å²) in [5.41, 5.74) is 4.63. The molecule has 1 aliphatic heterocycles. The summed E-state index contributed by atoms with van der Waals surface area (Å²) >= 11 is 1.74. The van der Waals surface area contributed by atoms with Crippen LogP contribution >= 0.6 is 11.8 Å². The lowest BCUT2D eigenvalue weighted by Gasteiger charge is -2.30. The van der Waals surface area contributed by atoms with Gasteiger partial charge < -0.3 is 0 Å². The largest absolute Gasteiger partial charge is 0.294 e. The molecule has 0 atom stereocenters. The zero-order valence-electron chi connectivity index (χ0n) is 12.0. The number of hydrogen-bond acceptors (Lipinski definition) is 2. The van der Waals surface area contributed by atoms with Crippen LogP contribution in [-0.4, -0.2) is 18.0 Å². The first-order chi connectivity index (χ1) is 9.24. The number of benzene rings is 1. The average molecular weight is 273 g/mol. The highest BCUT2D eigenvalue weighted by Crippen LogP contribution is 2.25. The highest BCUT2D eigenvalue weighted by atomic mass is 32.2. The van der Waals surface area contributed by atoms with Gasteiger partial charge in [-0.3, -0.25) is 4.90 Å². The maximum absolute atomic E-state index is 4.15. The summed E-state index contributed by atoms with van der Waals surface area (Å²) in [6, 6.07) is 6.75. The normalized spacial score (nSPS) is 15.7. The molecule has 0 unspecified atom stereocenters. The minimum atomic E-state index is 0.991. The monoisotopic (exact) mass is 273 g/mol. The van der Waals surface area contributed by atoms with Gasteiger partial charge in [-0.15, -0.1) is 11.8 Å². The van der Waals surface area contributed by atoms with Crippen molar-refractivity contribution in [3.05, 3.63) is 57.9 Å². The molecule has 0 saturated heterocycles. The van der Waals surface area contributed by atoms with Crippen molar-refractivity contribution in [1.82, 2.24) is 4.90 Å². The maximum atomic E-state index is 4.15. The fraction of sp³-hybridized carbons (Fsp3) is 0.412. The van der Waals surface area contributed by atoms with E-state index >= 15 is 0 Å². The van der Waals surface area contributed by atoms with Crippen molar-refractivity contribution in [1.29, 1.82) is 0 Å². The molecule has 0 radical (unpaired) electrons. The Kier molecular flexibility index (Phi) is 5.29. The highest BCUT2D eigenvalue weighted by Gasteiger charge is 2.18. The summed E-state index contributed by atoms with van der Waals surface area (Å²) in [6.45, 7) is 11.7. The van der Waals surface area contributed by atoms with Crippen LogP contribution in [0.25, 0.3) is 0 Å². The Balaban J connectivity index is 2.00. The van der Waals surface area contributed by atoms with Crippen LogP contribution in [-0.2, 0) is 19.4 Å².